The van der Waals surface area contributed by atoms with Crippen molar-refractivity contribution in [3.05, 3.63) is 95.1 Å². The Bertz CT molecular complexity index is 854. The fourth-order valence-corrected chi connectivity index (χ4v) is 3.78. The highest BCUT2D eigenvalue weighted by Crippen LogP contribution is 2.26. The Hall–Kier alpha value is -2.30. The highest BCUT2D eigenvalue weighted by atomic mass is 32.2. The van der Waals surface area contributed by atoms with Crippen LogP contribution in [-0.4, -0.2) is 10.2 Å². The second-order valence-electron chi connectivity index (χ2n) is 5.99. The fraction of sp³-hybridized carbons (Fsp3) is 0.0909. The molecule has 3 aromatic rings. The van der Waals surface area contributed by atoms with Crippen LogP contribution in [0.1, 0.15) is 31.8 Å². The Kier molecular flexibility index (Phi) is 5.96. The van der Waals surface area contributed by atoms with Crippen molar-refractivity contribution in [1.82, 2.24) is 0 Å². The molecule has 0 aliphatic rings. The number of hydrogen-bond acceptors (Lipinski definition) is 4. The van der Waals surface area contributed by atoms with E-state index in [4.69, 9.17) is 0 Å². The van der Waals surface area contributed by atoms with E-state index in [9.17, 15) is 9.59 Å². The summed E-state index contributed by atoms with van der Waals surface area (Å²) in [6, 6.07) is 22.6. The number of hydrogen-bond donors (Lipinski definition) is 0. The van der Waals surface area contributed by atoms with Gasteiger partial charge in [-0.2, -0.15) is 0 Å². The Morgan fingerprint density at radius 1 is 0.615 bits per heavy atom. The van der Waals surface area contributed by atoms with Gasteiger partial charge in [-0.1, -0.05) is 53.6 Å². The zero-order chi connectivity index (χ0) is 18.5. The average molecular weight is 379 g/mol. The largest absolute Gasteiger partial charge is 0.281 e. The molecule has 0 amide bonds. The molecule has 0 radical (unpaired) electrons. The van der Waals surface area contributed by atoms with Crippen molar-refractivity contribution in [3.8, 4) is 0 Å². The SMILES string of the molecule is Cc1ccc(SC(=O)c2cccc(C(=O)Sc3ccc(C)cc3)c2)cc1. The lowest BCUT2D eigenvalue weighted by Gasteiger charge is -2.05. The van der Waals surface area contributed by atoms with E-state index in [1.54, 1.807) is 24.3 Å². The number of aryl methyl sites for hydroxylation is 2. The van der Waals surface area contributed by atoms with Crippen molar-refractivity contribution in [2.45, 2.75) is 23.6 Å². The first-order valence-electron chi connectivity index (χ1n) is 8.19. The van der Waals surface area contributed by atoms with Gasteiger partial charge >= 0.3 is 0 Å². The van der Waals surface area contributed by atoms with Crippen LogP contribution in [0.5, 0.6) is 0 Å². The van der Waals surface area contributed by atoms with Crippen molar-refractivity contribution in [1.29, 1.82) is 0 Å². The molecule has 3 rings (SSSR count). The molecule has 0 atom stereocenters. The number of carbonyl (C=O) groups excluding carboxylic acids is 2. The van der Waals surface area contributed by atoms with Crippen LogP contribution < -0.4 is 0 Å². The Morgan fingerprint density at radius 3 is 1.38 bits per heavy atom. The Balaban J connectivity index is 1.72. The number of carbonyl (C=O) groups is 2. The fourth-order valence-electron chi connectivity index (χ4n) is 2.32. The molecule has 0 fully saturated rings. The minimum Gasteiger partial charge on any atom is -0.281 e. The van der Waals surface area contributed by atoms with E-state index >= 15 is 0 Å². The second kappa shape index (κ2) is 8.39. The molecule has 0 N–H and O–H groups in total. The molecule has 0 bridgehead atoms. The van der Waals surface area contributed by atoms with Crippen LogP contribution >= 0.6 is 23.5 Å². The highest BCUT2D eigenvalue weighted by Gasteiger charge is 2.13. The summed E-state index contributed by atoms with van der Waals surface area (Å²) in [5.41, 5.74) is 3.38. The summed E-state index contributed by atoms with van der Waals surface area (Å²) in [4.78, 5) is 26.8. The van der Waals surface area contributed by atoms with Crippen molar-refractivity contribution < 1.29 is 9.59 Å². The molecule has 130 valence electrons. The predicted octanol–water partition coefficient (Wildman–Crippen LogP) is 6.17. The van der Waals surface area contributed by atoms with Crippen LogP contribution in [0.25, 0.3) is 0 Å². The van der Waals surface area contributed by atoms with Crippen LogP contribution in [0.15, 0.2) is 82.6 Å². The third-order valence-corrected chi connectivity index (χ3v) is 5.65. The van der Waals surface area contributed by atoms with Crippen LogP contribution in [0.4, 0.5) is 0 Å². The average Bonchev–Trinajstić information content (AvgIpc) is 2.65. The number of benzene rings is 3. The van der Waals surface area contributed by atoms with Crippen molar-refractivity contribution in [2.24, 2.45) is 0 Å². The molecule has 0 spiro atoms. The number of thioether (sulfide) groups is 2. The maximum atomic E-state index is 12.5. The maximum absolute atomic E-state index is 12.5. The van der Waals surface area contributed by atoms with Gasteiger partial charge in [-0.15, -0.1) is 0 Å². The van der Waals surface area contributed by atoms with Crippen LogP contribution in [0.2, 0.25) is 0 Å². The van der Waals surface area contributed by atoms with Gasteiger partial charge in [0.25, 0.3) is 0 Å². The van der Waals surface area contributed by atoms with Gasteiger partial charge < -0.3 is 0 Å². The third kappa shape index (κ3) is 4.87. The van der Waals surface area contributed by atoms with Crippen LogP contribution in [0.3, 0.4) is 0 Å². The lowest BCUT2D eigenvalue weighted by molar-refractivity contribution is 0.108. The summed E-state index contributed by atoms with van der Waals surface area (Å²) < 4.78 is 0. The van der Waals surface area contributed by atoms with E-state index in [2.05, 4.69) is 0 Å². The van der Waals surface area contributed by atoms with Gasteiger partial charge in [0.15, 0.2) is 0 Å². The summed E-state index contributed by atoms with van der Waals surface area (Å²) in [6.45, 7) is 4.02. The Morgan fingerprint density at radius 2 is 1.00 bits per heavy atom. The van der Waals surface area contributed by atoms with Crippen molar-refractivity contribution in [2.75, 3.05) is 0 Å². The zero-order valence-corrected chi connectivity index (χ0v) is 16.2. The molecule has 3 aromatic carbocycles. The standard InChI is InChI=1S/C22H18O2S2/c1-15-6-10-19(11-7-15)25-21(23)17-4-3-5-18(14-17)22(24)26-20-12-8-16(2)9-13-20/h3-14H,1-2H3. The van der Waals surface area contributed by atoms with Crippen LogP contribution in [-0.2, 0) is 0 Å². The third-order valence-electron chi connectivity index (χ3n) is 3.80. The van der Waals surface area contributed by atoms with E-state index in [1.807, 2.05) is 62.4 Å². The maximum Gasteiger partial charge on any atom is 0.224 e. The highest BCUT2D eigenvalue weighted by molar-refractivity contribution is 8.14. The lowest BCUT2D eigenvalue weighted by Crippen LogP contribution is -1.98. The molecule has 0 aromatic heterocycles. The van der Waals surface area contributed by atoms with Crippen molar-refractivity contribution in [3.63, 3.8) is 0 Å². The van der Waals surface area contributed by atoms with E-state index in [0.29, 0.717) is 11.1 Å². The molecule has 0 heterocycles. The van der Waals surface area contributed by atoms with E-state index in [0.717, 1.165) is 20.9 Å². The topological polar surface area (TPSA) is 34.1 Å². The van der Waals surface area contributed by atoms with E-state index < -0.39 is 0 Å². The first kappa shape index (κ1) is 18.5. The Labute approximate surface area is 162 Å². The molecule has 0 saturated carbocycles. The summed E-state index contributed by atoms with van der Waals surface area (Å²) in [5, 5.41) is -0.132. The first-order chi connectivity index (χ1) is 12.5. The molecular weight excluding hydrogens is 360 g/mol. The molecular formula is C22H18O2S2. The molecule has 2 nitrogen and oxygen atoms in total. The first-order valence-corrected chi connectivity index (χ1v) is 9.82. The summed E-state index contributed by atoms with van der Waals surface area (Å²) in [5.74, 6) is 0. The van der Waals surface area contributed by atoms with Gasteiger partial charge in [0.1, 0.15) is 0 Å². The quantitative estimate of drug-likeness (QED) is 0.509. The van der Waals surface area contributed by atoms with Gasteiger partial charge in [0.2, 0.25) is 10.2 Å². The smallest absolute Gasteiger partial charge is 0.224 e. The normalized spacial score (nSPS) is 10.5. The van der Waals surface area contributed by atoms with Gasteiger partial charge in [0.05, 0.1) is 0 Å². The molecule has 4 heteroatoms. The summed E-state index contributed by atoms with van der Waals surface area (Å²) in [7, 11) is 0. The van der Waals surface area contributed by atoms with Crippen LogP contribution in [0, 0.1) is 13.8 Å². The van der Waals surface area contributed by atoms with Gasteiger partial charge in [-0.3, -0.25) is 9.59 Å². The second-order valence-corrected chi connectivity index (χ2v) is 8.08. The summed E-state index contributed by atoms with van der Waals surface area (Å²) in [6.07, 6.45) is 0. The lowest BCUT2D eigenvalue weighted by atomic mass is 10.1. The monoisotopic (exact) mass is 378 g/mol. The predicted molar refractivity (Wildman–Crippen MR) is 109 cm³/mol. The van der Waals surface area contributed by atoms with Gasteiger partial charge in [-0.05, 0) is 67.7 Å². The van der Waals surface area contributed by atoms with E-state index in [-0.39, 0.29) is 10.2 Å². The minimum atomic E-state index is -0.0659. The minimum absolute atomic E-state index is 0.0659. The molecule has 0 unspecified atom stereocenters. The molecule has 0 saturated heterocycles. The summed E-state index contributed by atoms with van der Waals surface area (Å²) >= 11 is 2.35. The molecule has 0 aliphatic heterocycles. The zero-order valence-electron chi connectivity index (χ0n) is 14.6. The van der Waals surface area contributed by atoms with E-state index in [1.165, 1.54) is 23.5 Å². The van der Waals surface area contributed by atoms with Gasteiger partial charge in [-0.25, -0.2) is 0 Å². The molecule has 26 heavy (non-hydrogen) atoms. The van der Waals surface area contributed by atoms with Crippen molar-refractivity contribution >= 4 is 33.8 Å². The molecule has 0 aliphatic carbocycles. The number of rotatable bonds is 4. The van der Waals surface area contributed by atoms with Gasteiger partial charge in [0, 0.05) is 20.9 Å².